The smallest absolute Gasteiger partial charge is 0.133 e. The second-order valence-electron chi connectivity index (χ2n) is 1.79. The SMILES string of the molecule is O=C1CCPCC1. The van der Waals surface area contributed by atoms with Gasteiger partial charge < -0.3 is 0 Å². The zero-order valence-electron chi connectivity index (χ0n) is 4.24. The van der Waals surface area contributed by atoms with E-state index in [0.29, 0.717) is 5.78 Å². The molecule has 1 aliphatic heterocycles. The van der Waals surface area contributed by atoms with Crippen LogP contribution in [0.3, 0.4) is 0 Å². The van der Waals surface area contributed by atoms with Crippen molar-refractivity contribution in [2.75, 3.05) is 12.3 Å². The molecule has 0 radical (unpaired) electrons. The molecule has 7 heavy (non-hydrogen) atoms. The minimum absolute atomic E-state index is 0.471. The molecule has 1 rings (SSSR count). The average molecular weight is 116 g/mol. The van der Waals surface area contributed by atoms with Crippen LogP contribution in [0.4, 0.5) is 0 Å². The summed E-state index contributed by atoms with van der Waals surface area (Å²) in [7, 11) is 1.07. The summed E-state index contributed by atoms with van der Waals surface area (Å²) in [5.74, 6) is 0.471. The lowest BCUT2D eigenvalue weighted by atomic mass is 10.2. The first-order valence-corrected chi connectivity index (χ1v) is 4.03. The fourth-order valence-electron chi connectivity index (χ4n) is 0.706. The monoisotopic (exact) mass is 116 g/mol. The summed E-state index contributed by atoms with van der Waals surface area (Å²) in [6.45, 7) is 0. The molecule has 1 nitrogen and oxygen atoms in total. The maximum atomic E-state index is 10.5. The van der Waals surface area contributed by atoms with Gasteiger partial charge >= 0.3 is 0 Å². The summed E-state index contributed by atoms with van der Waals surface area (Å²) in [5.41, 5.74) is 0. The Kier molecular flexibility index (Phi) is 1.81. The van der Waals surface area contributed by atoms with E-state index in [9.17, 15) is 4.79 Å². The standard InChI is InChI=1S/C5H9OP/c6-5-1-3-7-4-2-5/h7H,1-4H2. The predicted octanol–water partition coefficient (Wildman–Crippen LogP) is 1.03. The summed E-state index contributed by atoms with van der Waals surface area (Å²) < 4.78 is 0. The van der Waals surface area contributed by atoms with E-state index >= 15 is 0 Å². The number of hydrogen-bond donors (Lipinski definition) is 0. The zero-order chi connectivity index (χ0) is 5.11. The van der Waals surface area contributed by atoms with Crippen LogP contribution in [-0.2, 0) is 4.79 Å². The number of hydrogen-bond acceptors (Lipinski definition) is 1. The molecule has 0 atom stereocenters. The second-order valence-corrected chi connectivity index (χ2v) is 3.29. The average Bonchev–Trinajstić information content (AvgIpc) is 1.69. The van der Waals surface area contributed by atoms with E-state index in [1.807, 2.05) is 0 Å². The molecule has 0 amide bonds. The number of carbonyl (C=O) groups is 1. The Hall–Kier alpha value is 0.100. The molecule has 0 aromatic heterocycles. The first kappa shape index (κ1) is 5.24. The lowest BCUT2D eigenvalue weighted by molar-refractivity contribution is -0.118. The maximum absolute atomic E-state index is 10.5. The van der Waals surface area contributed by atoms with Gasteiger partial charge in [-0.2, -0.15) is 0 Å². The van der Waals surface area contributed by atoms with Gasteiger partial charge in [0.05, 0.1) is 0 Å². The Balaban J connectivity index is 2.25. The number of carbonyl (C=O) groups excluding carboxylic acids is 1. The third kappa shape index (κ3) is 1.56. The van der Waals surface area contributed by atoms with Gasteiger partial charge in [0.2, 0.25) is 0 Å². The van der Waals surface area contributed by atoms with Gasteiger partial charge in [-0.3, -0.25) is 4.79 Å². The molecule has 40 valence electrons. The Bertz CT molecular complexity index is 72.1. The fraction of sp³-hybridized carbons (Fsp3) is 0.800. The molecule has 0 saturated carbocycles. The molecule has 1 fully saturated rings. The van der Waals surface area contributed by atoms with Crippen molar-refractivity contribution in [3.63, 3.8) is 0 Å². The molecule has 0 aromatic rings. The van der Waals surface area contributed by atoms with Crippen molar-refractivity contribution < 1.29 is 4.79 Å². The lowest BCUT2D eigenvalue weighted by Gasteiger charge is -2.05. The largest absolute Gasteiger partial charge is 0.300 e. The first-order valence-electron chi connectivity index (χ1n) is 2.62. The summed E-state index contributed by atoms with van der Waals surface area (Å²) >= 11 is 0. The molecule has 0 N–H and O–H groups in total. The Morgan fingerprint density at radius 1 is 1.29 bits per heavy atom. The van der Waals surface area contributed by atoms with Gasteiger partial charge in [0.25, 0.3) is 0 Å². The van der Waals surface area contributed by atoms with Crippen molar-refractivity contribution in [1.82, 2.24) is 0 Å². The zero-order valence-corrected chi connectivity index (χ0v) is 5.24. The van der Waals surface area contributed by atoms with Gasteiger partial charge in [0.15, 0.2) is 0 Å². The number of Topliss-reactive ketones (excluding diaryl/α,β-unsaturated/α-hetero) is 1. The molecular weight excluding hydrogens is 107 g/mol. The van der Waals surface area contributed by atoms with E-state index in [0.717, 1.165) is 21.4 Å². The van der Waals surface area contributed by atoms with Gasteiger partial charge in [-0.15, -0.1) is 8.58 Å². The van der Waals surface area contributed by atoms with Crippen LogP contribution in [0.25, 0.3) is 0 Å². The minimum Gasteiger partial charge on any atom is -0.300 e. The quantitative estimate of drug-likeness (QED) is 0.432. The van der Waals surface area contributed by atoms with E-state index in [1.54, 1.807) is 0 Å². The maximum Gasteiger partial charge on any atom is 0.133 e. The van der Waals surface area contributed by atoms with Crippen molar-refractivity contribution in [2.45, 2.75) is 12.8 Å². The van der Waals surface area contributed by atoms with Crippen molar-refractivity contribution in [3.05, 3.63) is 0 Å². The van der Waals surface area contributed by atoms with Crippen molar-refractivity contribution in [2.24, 2.45) is 0 Å². The first-order chi connectivity index (χ1) is 3.39. The second kappa shape index (κ2) is 2.42. The highest BCUT2D eigenvalue weighted by Crippen LogP contribution is 2.19. The van der Waals surface area contributed by atoms with Gasteiger partial charge in [0.1, 0.15) is 5.78 Å². The molecular formula is C5H9OP. The van der Waals surface area contributed by atoms with E-state index in [-0.39, 0.29) is 0 Å². The Labute approximate surface area is 45.3 Å². The molecule has 0 bridgehead atoms. The van der Waals surface area contributed by atoms with Crippen molar-refractivity contribution in [1.29, 1.82) is 0 Å². The van der Waals surface area contributed by atoms with Crippen molar-refractivity contribution >= 4 is 14.4 Å². The van der Waals surface area contributed by atoms with Crippen LogP contribution in [0.5, 0.6) is 0 Å². The minimum atomic E-state index is 0.471. The molecule has 1 aliphatic rings. The molecule has 1 saturated heterocycles. The summed E-state index contributed by atoms with van der Waals surface area (Å²) in [6, 6.07) is 0. The van der Waals surface area contributed by atoms with Gasteiger partial charge in [0, 0.05) is 12.8 Å². The summed E-state index contributed by atoms with van der Waals surface area (Å²) in [4.78, 5) is 10.5. The number of rotatable bonds is 0. The fourth-order valence-corrected chi connectivity index (χ4v) is 1.87. The van der Waals surface area contributed by atoms with E-state index < -0.39 is 0 Å². The van der Waals surface area contributed by atoms with Gasteiger partial charge in [-0.1, -0.05) is 0 Å². The Morgan fingerprint density at radius 2 is 1.86 bits per heavy atom. The van der Waals surface area contributed by atoms with E-state index in [2.05, 4.69) is 0 Å². The molecule has 1 heterocycles. The predicted molar refractivity (Wildman–Crippen MR) is 32.3 cm³/mol. The molecule has 0 unspecified atom stereocenters. The summed E-state index contributed by atoms with van der Waals surface area (Å²) in [6.07, 6.45) is 4.05. The molecule has 0 aromatic carbocycles. The molecule has 0 spiro atoms. The molecule has 2 heteroatoms. The van der Waals surface area contributed by atoms with Crippen LogP contribution in [-0.4, -0.2) is 18.1 Å². The Morgan fingerprint density at radius 3 is 2.14 bits per heavy atom. The molecule has 0 aliphatic carbocycles. The van der Waals surface area contributed by atoms with Crippen LogP contribution in [0.2, 0.25) is 0 Å². The third-order valence-corrected chi connectivity index (χ3v) is 2.37. The highest BCUT2D eigenvalue weighted by Gasteiger charge is 2.05. The lowest BCUT2D eigenvalue weighted by Crippen LogP contribution is -2.05. The van der Waals surface area contributed by atoms with Crippen LogP contribution < -0.4 is 0 Å². The van der Waals surface area contributed by atoms with Crippen LogP contribution in [0, 0.1) is 0 Å². The van der Waals surface area contributed by atoms with Crippen LogP contribution >= 0.6 is 8.58 Å². The normalized spacial score (nSPS) is 22.6. The van der Waals surface area contributed by atoms with Gasteiger partial charge in [-0.25, -0.2) is 0 Å². The van der Waals surface area contributed by atoms with E-state index in [4.69, 9.17) is 0 Å². The topological polar surface area (TPSA) is 17.1 Å². The van der Waals surface area contributed by atoms with Crippen LogP contribution in [0.1, 0.15) is 12.8 Å². The van der Waals surface area contributed by atoms with Crippen LogP contribution in [0.15, 0.2) is 0 Å². The highest BCUT2D eigenvalue weighted by atomic mass is 31.1. The number of ketones is 1. The highest BCUT2D eigenvalue weighted by molar-refractivity contribution is 7.38. The van der Waals surface area contributed by atoms with Gasteiger partial charge in [-0.05, 0) is 12.3 Å². The van der Waals surface area contributed by atoms with E-state index in [1.165, 1.54) is 12.3 Å². The third-order valence-electron chi connectivity index (χ3n) is 1.16. The summed E-state index contributed by atoms with van der Waals surface area (Å²) in [5, 5.41) is 0. The van der Waals surface area contributed by atoms with Crippen molar-refractivity contribution in [3.8, 4) is 0 Å².